The number of nitrogens with one attached hydrogen (secondary N) is 1. The summed E-state index contributed by atoms with van der Waals surface area (Å²) in [5.41, 5.74) is 7.26. The van der Waals surface area contributed by atoms with Gasteiger partial charge in [-0.15, -0.1) is 0 Å². The predicted octanol–water partition coefficient (Wildman–Crippen LogP) is 2.67. The molecule has 110 valence electrons. The maximum Gasteiger partial charge on any atom is 0.232 e. The molecule has 0 unspecified atom stereocenters. The summed E-state index contributed by atoms with van der Waals surface area (Å²) in [6, 6.07) is 19.6. The first-order valence-electron chi connectivity index (χ1n) is 7.15. The van der Waals surface area contributed by atoms with E-state index in [9.17, 15) is 4.79 Å². The molecular formula is C18H22N2O. The van der Waals surface area contributed by atoms with E-state index in [1.165, 1.54) is 0 Å². The van der Waals surface area contributed by atoms with Crippen LogP contribution in [0.15, 0.2) is 60.7 Å². The van der Waals surface area contributed by atoms with Gasteiger partial charge in [-0.25, -0.2) is 0 Å². The van der Waals surface area contributed by atoms with Crippen molar-refractivity contribution in [1.29, 1.82) is 0 Å². The van der Waals surface area contributed by atoms with E-state index in [-0.39, 0.29) is 11.8 Å². The van der Waals surface area contributed by atoms with E-state index in [4.69, 9.17) is 5.73 Å². The number of carbonyl (C=O) groups is 1. The first-order chi connectivity index (χ1) is 10.0. The Morgan fingerprint density at radius 3 is 1.81 bits per heavy atom. The molecule has 3 heteroatoms. The lowest BCUT2D eigenvalue weighted by molar-refractivity contribution is -0.123. The summed E-state index contributed by atoms with van der Waals surface area (Å²) in [6.07, 6.45) is 0. The molecule has 0 fully saturated rings. The minimum atomic E-state index is -0.418. The maximum atomic E-state index is 12.8. The predicted molar refractivity (Wildman–Crippen MR) is 86.0 cm³/mol. The fraction of sp³-hybridized carbons (Fsp3) is 0.278. The van der Waals surface area contributed by atoms with Crippen molar-refractivity contribution in [2.75, 3.05) is 6.54 Å². The molecule has 0 aliphatic rings. The van der Waals surface area contributed by atoms with Crippen LogP contribution >= 0.6 is 0 Å². The van der Waals surface area contributed by atoms with Gasteiger partial charge in [-0.3, -0.25) is 4.79 Å². The molecule has 0 atom stereocenters. The third-order valence-electron chi connectivity index (χ3n) is 3.50. The summed E-state index contributed by atoms with van der Waals surface area (Å²) >= 11 is 0. The standard InChI is InChI=1S/C18H22N2O/c1-18(2,13-19)20-17(21)16(14-9-5-3-6-10-14)15-11-7-4-8-12-15/h3-12,16H,13,19H2,1-2H3,(H,20,21). The third kappa shape index (κ3) is 3.92. The minimum absolute atomic E-state index is 0.0251. The van der Waals surface area contributed by atoms with Gasteiger partial charge < -0.3 is 11.1 Å². The molecule has 2 rings (SSSR count). The van der Waals surface area contributed by atoms with Crippen LogP contribution in [0.5, 0.6) is 0 Å². The van der Waals surface area contributed by atoms with Crippen molar-refractivity contribution in [3.05, 3.63) is 71.8 Å². The number of hydrogen-bond acceptors (Lipinski definition) is 2. The van der Waals surface area contributed by atoms with E-state index in [0.29, 0.717) is 6.54 Å². The molecule has 1 amide bonds. The van der Waals surface area contributed by atoms with Gasteiger partial charge >= 0.3 is 0 Å². The van der Waals surface area contributed by atoms with Crippen LogP contribution in [0.1, 0.15) is 30.9 Å². The van der Waals surface area contributed by atoms with E-state index in [2.05, 4.69) is 5.32 Å². The van der Waals surface area contributed by atoms with Gasteiger partial charge in [0.2, 0.25) is 5.91 Å². The molecular weight excluding hydrogens is 260 g/mol. The Kier molecular flexibility index (Phi) is 4.76. The Hall–Kier alpha value is -2.13. The Bertz CT molecular complexity index is 539. The second-order valence-electron chi connectivity index (χ2n) is 5.83. The molecule has 21 heavy (non-hydrogen) atoms. The lowest BCUT2D eigenvalue weighted by Gasteiger charge is -2.27. The summed E-state index contributed by atoms with van der Waals surface area (Å²) in [4.78, 5) is 12.8. The maximum absolute atomic E-state index is 12.8. The van der Waals surface area contributed by atoms with Crippen molar-refractivity contribution in [3.8, 4) is 0 Å². The average Bonchev–Trinajstić information content (AvgIpc) is 2.49. The monoisotopic (exact) mass is 282 g/mol. The number of nitrogens with two attached hydrogens (primary N) is 1. The zero-order valence-electron chi connectivity index (χ0n) is 12.5. The van der Waals surface area contributed by atoms with Crippen LogP contribution in [0.25, 0.3) is 0 Å². The first-order valence-corrected chi connectivity index (χ1v) is 7.15. The second-order valence-corrected chi connectivity index (χ2v) is 5.83. The fourth-order valence-corrected chi connectivity index (χ4v) is 2.24. The molecule has 2 aromatic carbocycles. The van der Waals surface area contributed by atoms with Crippen molar-refractivity contribution < 1.29 is 4.79 Å². The minimum Gasteiger partial charge on any atom is -0.349 e. The summed E-state index contributed by atoms with van der Waals surface area (Å²) in [6.45, 7) is 4.25. The Morgan fingerprint density at radius 2 is 1.43 bits per heavy atom. The van der Waals surface area contributed by atoms with Gasteiger partial charge in [-0.2, -0.15) is 0 Å². The van der Waals surface area contributed by atoms with Crippen LogP contribution in [0.4, 0.5) is 0 Å². The van der Waals surface area contributed by atoms with Gasteiger partial charge in [0.1, 0.15) is 0 Å². The smallest absolute Gasteiger partial charge is 0.232 e. The Labute approximate surface area is 126 Å². The van der Waals surface area contributed by atoms with Crippen molar-refractivity contribution >= 4 is 5.91 Å². The molecule has 0 spiro atoms. The normalized spacial score (nSPS) is 11.4. The topological polar surface area (TPSA) is 55.1 Å². The van der Waals surface area contributed by atoms with Crippen LogP contribution in [0.2, 0.25) is 0 Å². The summed E-state index contributed by atoms with van der Waals surface area (Å²) < 4.78 is 0. The highest BCUT2D eigenvalue weighted by atomic mass is 16.2. The van der Waals surface area contributed by atoms with E-state index in [1.54, 1.807) is 0 Å². The van der Waals surface area contributed by atoms with Gasteiger partial charge in [-0.1, -0.05) is 60.7 Å². The van der Waals surface area contributed by atoms with Gasteiger partial charge in [-0.05, 0) is 25.0 Å². The Balaban J connectivity index is 2.36. The summed E-state index contributed by atoms with van der Waals surface area (Å²) in [7, 11) is 0. The van der Waals surface area contributed by atoms with E-state index in [1.807, 2.05) is 74.5 Å². The molecule has 0 aliphatic heterocycles. The second kappa shape index (κ2) is 6.55. The van der Waals surface area contributed by atoms with Crippen LogP contribution in [0, 0.1) is 0 Å². The highest BCUT2D eigenvalue weighted by Gasteiger charge is 2.27. The molecule has 3 N–H and O–H groups in total. The van der Waals surface area contributed by atoms with E-state index in [0.717, 1.165) is 11.1 Å². The van der Waals surface area contributed by atoms with Crippen molar-refractivity contribution in [2.45, 2.75) is 25.3 Å². The fourth-order valence-electron chi connectivity index (χ4n) is 2.24. The number of benzene rings is 2. The molecule has 0 heterocycles. The lowest BCUT2D eigenvalue weighted by atomic mass is 9.89. The number of amides is 1. The SMILES string of the molecule is CC(C)(CN)NC(=O)C(c1ccccc1)c1ccccc1. The van der Waals surface area contributed by atoms with Crippen LogP contribution in [-0.2, 0) is 4.79 Å². The van der Waals surface area contributed by atoms with Crippen molar-refractivity contribution in [2.24, 2.45) is 5.73 Å². The number of hydrogen-bond donors (Lipinski definition) is 2. The molecule has 2 aromatic rings. The zero-order chi connectivity index (χ0) is 15.3. The Morgan fingerprint density at radius 1 is 1.00 bits per heavy atom. The molecule has 0 aromatic heterocycles. The summed E-state index contributed by atoms with van der Waals surface area (Å²) in [5.74, 6) is -0.346. The van der Waals surface area contributed by atoms with Crippen LogP contribution < -0.4 is 11.1 Å². The van der Waals surface area contributed by atoms with Crippen molar-refractivity contribution in [1.82, 2.24) is 5.32 Å². The molecule has 0 bridgehead atoms. The van der Waals surface area contributed by atoms with Crippen LogP contribution in [0.3, 0.4) is 0 Å². The number of carbonyl (C=O) groups excluding carboxylic acids is 1. The first kappa shape index (κ1) is 15.3. The average molecular weight is 282 g/mol. The third-order valence-corrected chi connectivity index (χ3v) is 3.50. The summed E-state index contributed by atoms with van der Waals surface area (Å²) in [5, 5.41) is 3.04. The van der Waals surface area contributed by atoms with Crippen molar-refractivity contribution in [3.63, 3.8) is 0 Å². The van der Waals surface area contributed by atoms with Gasteiger partial charge in [0.25, 0.3) is 0 Å². The highest BCUT2D eigenvalue weighted by Crippen LogP contribution is 2.25. The molecule has 0 saturated heterocycles. The van der Waals surface area contributed by atoms with Gasteiger partial charge in [0.05, 0.1) is 5.92 Å². The van der Waals surface area contributed by atoms with E-state index >= 15 is 0 Å². The molecule has 3 nitrogen and oxygen atoms in total. The quantitative estimate of drug-likeness (QED) is 0.886. The largest absolute Gasteiger partial charge is 0.349 e. The number of rotatable bonds is 5. The highest BCUT2D eigenvalue weighted by molar-refractivity contribution is 5.87. The molecule has 0 aliphatic carbocycles. The lowest BCUT2D eigenvalue weighted by Crippen LogP contribution is -2.50. The van der Waals surface area contributed by atoms with Gasteiger partial charge in [0, 0.05) is 12.1 Å². The van der Waals surface area contributed by atoms with Crippen LogP contribution in [-0.4, -0.2) is 18.0 Å². The zero-order valence-corrected chi connectivity index (χ0v) is 12.5. The molecule has 0 saturated carbocycles. The molecule has 0 radical (unpaired) electrons. The van der Waals surface area contributed by atoms with E-state index < -0.39 is 5.54 Å². The van der Waals surface area contributed by atoms with Gasteiger partial charge in [0.15, 0.2) is 0 Å².